The Balaban J connectivity index is 1.64. The molecular formula is C18H15Cl2N3O3S. The number of benzene rings is 2. The highest BCUT2D eigenvalue weighted by molar-refractivity contribution is 8.15. The number of nitrogens with zero attached hydrogens (tertiary/aromatic N) is 1. The summed E-state index contributed by atoms with van der Waals surface area (Å²) >= 11 is 13.0. The Bertz CT molecular complexity index is 903. The molecule has 1 atom stereocenters. The van der Waals surface area contributed by atoms with Crippen LogP contribution in [0.5, 0.6) is 5.75 Å². The predicted octanol–water partition coefficient (Wildman–Crippen LogP) is 4.25. The quantitative estimate of drug-likeness (QED) is 0.752. The lowest BCUT2D eigenvalue weighted by Gasteiger charge is -2.11. The third-order valence-electron chi connectivity index (χ3n) is 3.64. The van der Waals surface area contributed by atoms with Crippen LogP contribution in [0.25, 0.3) is 0 Å². The van der Waals surface area contributed by atoms with E-state index >= 15 is 0 Å². The van der Waals surface area contributed by atoms with Gasteiger partial charge in [-0.2, -0.15) is 0 Å². The van der Waals surface area contributed by atoms with Gasteiger partial charge < -0.3 is 15.4 Å². The third-order valence-corrected chi connectivity index (χ3v) is 5.21. The first-order valence-corrected chi connectivity index (χ1v) is 9.53. The molecule has 6 nitrogen and oxygen atoms in total. The van der Waals surface area contributed by atoms with Crippen LogP contribution in [0.1, 0.15) is 6.42 Å². The van der Waals surface area contributed by atoms with Gasteiger partial charge in [-0.3, -0.25) is 9.59 Å². The number of rotatable bonds is 5. The van der Waals surface area contributed by atoms with E-state index in [-0.39, 0.29) is 18.2 Å². The summed E-state index contributed by atoms with van der Waals surface area (Å²) in [6, 6.07) is 11.8. The molecule has 140 valence electrons. The highest BCUT2D eigenvalue weighted by atomic mass is 35.5. The molecular weight excluding hydrogens is 409 g/mol. The van der Waals surface area contributed by atoms with E-state index in [4.69, 9.17) is 27.9 Å². The Kier molecular flexibility index (Phi) is 6.26. The molecule has 0 bridgehead atoms. The van der Waals surface area contributed by atoms with Gasteiger partial charge in [-0.25, -0.2) is 4.99 Å². The molecule has 1 unspecified atom stereocenters. The molecule has 2 amide bonds. The minimum absolute atomic E-state index is 0.00813. The fraction of sp³-hybridized carbons (Fsp3) is 0.167. The molecule has 2 aromatic rings. The zero-order valence-electron chi connectivity index (χ0n) is 14.2. The number of anilines is 1. The van der Waals surface area contributed by atoms with Crippen molar-refractivity contribution in [2.45, 2.75) is 11.7 Å². The summed E-state index contributed by atoms with van der Waals surface area (Å²) in [4.78, 5) is 28.8. The second-order valence-electron chi connectivity index (χ2n) is 5.59. The largest absolute Gasteiger partial charge is 0.495 e. The average Bonchev–Trinajstić information content (AvgIpc) is 2.96. The molecule has 9 heteroatoms. The Morgan fingerprint density at radius 1 is 1.22 bits per heavy atom. The van der Waals surface area contributed by atoms with E-state index in [0.29, 0.717) is 32.3 Å². The van der Waals surface area contributed by atoms with Gasteiger partial charge in [0.25, 0.3) is 0 Å². The van der Waals surface area contributed by atoms with Crippen LogP contribution >= 0.6 is 35.0 Å². The normalized spacial score (nSPS) is 17.7. The maximum atomic E-state index is 12.3. The summed E-state index contributed by atoms with van der Waals surface area (Å²) < 4.78 is 5.20. The molecule has 2 N–H and O–H groups in total. The standard InChI is InChI=1S/C18H15Cl2N3O3S/c1-26-14-7-4-11(20)8-13(14)22-16(24)9-15-17(25)23-18(27-15)21-12-5-2-10(19)3-6-12/h2-8,15H,9H2,1H3,(H,22,24)(H,21,23,25). The van der Waals surface area contributed by atoms with Crippen LogP contribution < -0.4 is 15.4 Å². The fourth-order valence-corrected chi connectivity index (χ4v) is 3.66. The van der Waals surface area contributed by atoms with Crippen molar-refractivity contribution in [3.8, 4) is 5.75 Å². The number of thioether (sulfide) groups is 1. The van der Waals surface area contributed by atoms with Crippen LogP contribution in [0, 0.1) is 0 Å². The van der Waals surface area contributed by atoms with Gasteiger partial charge in [0.05, 0.1) is 18.5 Å². The summed E-state index contributed by atoms with van der Waals surface area (Å²) in [5.74, 6) is -0.0989. The molecule has 0 spiro atoms. The van der Waals surface area contributed by atoms with Crippen molar-refractivity contribution in [1.29, 1.82) is 0 Å². The molecule has 2 aromatic carbocycles. The Morgan fingerprint density at radius 3 is 2.63 bits per heavy atom. The number of carbonyl (C=O) groups excluding carboxylic acids is 2. The molecule has 1 fully saturated rings. The number of hydrogen-bond acceptors (Lipinski definition) is 5. The zero-order valence-corrected chi connectivity index (χ0v) is 16.5. The molecule has 0 saturated carbocycles. The highest BCUT2D eigenvalue weighted by Crippen LogP contribution is 2.29. The first-order valence-electron chi connectivity index (χ1n) is 7.90. The molecule has 27 heavy (non-hydrogen) atoms. The topological polar surface area (TPSA) is 79.8 Å². The number of hydrogen-bond donors (Lipinski definition) is 2. The van der Waals surface area contributed by atoms with E-state index in [2.05, 4.69) is 15.6 Å². The van der Waals surface area contributed by atoms with Crippen LogP contribution in [0.2, 0.25) is 10.0 Å². The molecule has 1 aliphatic heterocycles. The molecule has 0 aromatic heterocycles. The van der Waals surface area contributed by atoms with Gasteiger partial charge >= 0.3 is 0 Å². The lowest BCUT2D eigenvalue weighted by Crippen LogP contribution is -2.28. The maximum Gasteiger partial charge on any atom is 0.240 e. The first-order chi connectivity index (χ1) is 12.9. The summed E-state index contributed by atoms with van der Waals surface area (Å²) in [6.45, 7) is 0. The van der Waals surface area contributed by atoms with Gasteiger partial charge in [-0.15, -0.1) is 0 Å². The van der Waals surface area contributed by atoms with Crippen LogP contribution in [-0.4, -0.2) is 29.3 Å². The van der Waals surface area contributed by atoms with Gasteiger partial charge in [0.15, 0.2) is 5.17 Å². The summed E-state index contributed by atoms with van der Waals surface area (Å²) in [7, 11) is 1.50. The molecule has 0 aliphatic carbocycles. The molecule has 1 aliphatic rings. The Hall–Kier alpha value is -2.22. The van der Waals surface area contributed by atoms with Crippen LogP contribution in [0.3, 0.4) is 0 Å². The van der Waals surface area contributed by atoms with Crippen molar-refractivity contribution in [1.82, 2.24) is 5.32 Å². The number of amides is 2. The number of aliphatic imine (C=N–C) groups is 1. The van der Waals surface area contributed by atoms with Crippen LogP contribution in [-0.2, 0) is 9.59 Å². The average molecular weight is 424 g/mol. The van der Waals surface area contributed by atoms with Gasteiger partial charge in [0, 0.05) is 16.5 Å². The smallest absolute Gasteiger partial charge is 0.240 e. The van der Waals surface area contributed by atoms with Gasteiger partial charge in [-0.05, 0) is 42.5 Å². The van der Waals surface area contributed by atoms with Crippen molar-refractivity contribution in [2.75, 3.05) is 12.4 Å². The minimum atomic E-state index is -0.568. The number of halogens is 2. The molecule has 1 saturated heterocycles. The van der Waals surface area contributed by atoms with Gasteiger partial charge in [0.2, 0.25) is 11.8 Å². The number of amidine groups is 1. The second kappa shape index (κ2) is 8.65. The van der Waals surface area contributed by atoms with Crippen LogP contribution in [0.4, 0.5) is 11.4 Å². The van der Waals surface area contributed by atoms with Crippen molar-refractivity contribution in [3.63, 3.8) is 0 Å². The number of nitrogens with one attached hydrogen (secondary N) is 2. The number of methoxy groups -OCH3 is 1. The van der Waals surface area contributed by atoms with E-state index in [9.17, 15) is 9.59 Å². The Labute approximate surface area is 170 Å². The fourth-order valence-electron chi connectivity index (χ4n) is 2.37. The van der Waals surface area contributed by atoms with E-state index in [1.165, 1.54) is 18.9 Å². The zero-order chi connectivity index (χ0) is 19.4. The van der Waals surface area contributed by atoms with Gasteiger partial charge in [-0.1, -0.05) is 35.0 Å². The molecule has 0 radical (unpaired) electrons. The summed E-state index contributed by atoms with van der Waals surface area (Å²) in [6.07, 6.45) is -0.00813. The summed E-state index contributed by atoms with van der Waals surface area (Å²) in [5, 5.41) is 6.36. The first kappa shape index (κ1) is 19.5. The number of carbonyl (C=O) groups is 2. The predicted molar refractivity (Wildman–Crippen MR) is 109 cm³/mol. The van der Waals surface area contributed by atoms with Gasteiger partial charge in [0.1, 0.15) is 11.0 Å². The minimum Gasteiger partial charge on any atom is -0.495 e. The lowest BCUT2D eigenvalue weighted by atomic mass is 10.2. The van der Waals surface area contributed by atoms with E-state index in [0.717, 1.165) is 0 Å². The van der Waals surface area contributed by atoms with Crippen molar-refractivity contribution in [2.24, 2.45) is 4.99 Å². The highest BCUT2D eigenvalue weighted by Gasteiger charge is 2.32. The monoisotopic (exact) mass is 423 g/mol. The Morgan fingerprint density at radius 2 is 1.93 bits per heavy atom. The molecule has 1 heterocycles. The van der Waals surface area contributed by atoms with Crippen molar-refractivity contribution in [3.05, 3.63) is 52.5 Å². The van der Waals surface area contributed by atoms with E-state index in [1.807, 2.05) is 0 Å². The van der Waals surface area contributed by atoms with E-state index in [1.54, 1.807) is 42.5 Å². The number of ether oxygens (including phenoxy) is 1. The SMILES string of the molecule is COc1ccc(Cl)cc1NC(=O)CC1SC(=Nc2ccc(Cl)cc2)NC1=O. The third kappa shape index (κ3) is 5.15. The second-order valence-corrected chi connectivity index (χ2v) is 7.65. The lowest BCUT2D eigenvalue weighted by molar-refractivity contribution is -0.122. The van der Waals surface area contributed by atoms with Crippen LogP contribution in [0.15, 0.2) is 47.5 Å². The van der Waals surface area contributed by atoms with Crippen molar-refractivity contribution >= 4 is 63.3 Å². The van der Waals surface area contributed by atoms with E-state index < -0.39 is 5.25 Å². The molecule has 3 rings (SSSR count). The van der Waals surface area contributed by atoms with Crippen molar-refractivity contribution < 1.29 is 14.3 Å². The summed E-state index contributed by atoms with van der Waals surface area (Å²) in [5.41, 5.74) is 1.12. The maximum absolute atomic E-state index is 12.3.